The Morgan fingerprint density at radius 2 is 1.76 bits per heavy atom. The van der Waals surface area contributed by atoms with Crippen LogP contribution in [-0.4, -0.2) is 50.7 Å². The van der Waals surface area contributed by atoms with Crippen LogP contribution in [0.1, 0.15) is 13.3 Å². The zero-order chi connectivity index (χ0) is 15.7. The number of hydrogen-bond donors (Lipinski definition) is 0. The number of hydrogen-bond acceptors (Lipinski definition) is 5. The summed E-state index contributed by atoms with van der Waals surface area (Å²) in [5.74, 6) is 0.557. The summed E-state index contributed by atoms with van der Waals surface area (Å²) in [6.07, 6.45) is 0.161. The molecule has 0 saturated carbocycles. The summed E-state index contributed by atoms with van der Waals surface area (Å²) >= 11 is 0. The van der Waals surface area contributed by atoms with E-state index in [1.807, 2.05) is 19.1 Å². The van der Waals surface area contributed by atoms with E-state index in [-0.39, 0.29) is 24.9 Å². The van der Waals surface area contributed by atoms with Crippen LogP contribution in [0.4, 0.5) is 0 Å². The minimum absolute atomic E-state index is 0.109. The summed E-state index contributed by atoms with van der Waals surface area (Å²) in [5.41, 5.74) is 0. The molecule has 0 aliphatic heterocycles. The van der Waals surface area contributed by atoms with E-state index in [9.17, 15) is 9.59 Å². The highest BCUT2D eigenvalue weighted by molar-refractivity contribution is 5.78. The maximum absolute atomic E-state index is 11.9. The Hall–Kier alpha value is -2.24. The highest BCUT2D eigenvalue weighted by Gasteiger charge is 2.13. The molecule has 0 aliphatic carbocycles. The first-order valence-electron chi connectivity index (χ1n) is 6.73. The molecule has 1 rings (SSSR count). The minimum atomic E-state index is -0.350. The molecule has 0 saturated heterocycles. The maximum Gasteiger partial charge on any atom is 0.307 e. The molecule has 0 spiro atoms. The van der Waals surface area contributed by atoms with Crippen molar-refractivity contribution in [2.45, 2.75) is 13.3 Å². The molecule has 1 aromatic rings. The fourth-order valence-corrected chi connectivity index (χ4v) is 1.58. The molecule has 1 aromatic carbocycles. The monoisotopic (exact) mass is 295 g/mol. The van der Waals surface area contributed by atoms with E-state index in [0.717, 1.165) is 0 Å². The molecular formula is C15H21NO5. The number of likely N-dealkylation sites (N-methyl/N-ethyl adjacent to an activating group) is 1. The smallest absolute Gasteiger partial charge is 0.307 e. The average Bonchev–Trinajstić information content (AvgIpc) is 2.51. The van der Waals surface area contributed by atoms with Gasteiger partial charge in [-0.1, -0.05) is 12.1 Å². The second-order valence-corrected chi connectivity index (χ2v) is 4.31. The first kappa shape index (κ1) is 16.8. The van der Waals surface area contributed by atoms with Gasteiger partial charge in [-0.3, -0.25) is 9.59 Å². The van der Waals surface area contributed by atoms with Crippen molar-refractivity contribution in [2.24, 2.45) is 0 Å². The Morgan fingerprint density at radius 1 is 1.14 bits per heavy atom. The van der Waals surface area contributed by atoms with E-state index in [0.29, 0.717) is 24.7 Å². The second kappa shape index (κ2) is 8.84. The Bertz CT molecular complexity index is 475. The second-order valence-electron chi connectivity index (χ2n) is 4.31. The van der Waals surface area contributed by atoms with Gasteiger partial charge in [-0.05, 0) is 19.1 Å². The molecule has 0 heterocycles. The molecule has 0 bridgehead atoms. The van der Waals surface area contributed by atoms with Crippen molar-refractivity contribution in [2.75, 3.05) is 33.9 Å². The molecule has 6 heteroatoms. The molecule has 0 radical (unpaired) electrons. The van der Waals surface area contributed by atoms with Crippen LogP contribution in [0, 0.1) is 0 Å². The van der Waals surface area contributed by atoms with E-state index in [1.54, 1.807) is 19.2 Å². The molecule has 21 heavy (non-hydrogen) atoms. The van der Waals surface area contributed by atoms with Crippen LogP contribution in [0.2, 0.25) is 0 Å². The van der Waals surface area contributed by atoms with Gasteiger partial charge in [0.2, 0.25) is 0 Å². The fraction of sp³-hybridized carbons (Fsp3) is 0.467. The van der Waals surface area contributed by atoms with Gasteiger partial charge < -0.3 is 19.1 Å². The molecule has 116 valence electrons. The van der Waals surface area contributed by atoms with Gasteiger partial charge in [0.05, 0.1) is 20.1 Å². The van der Waals surface area contributed by atoms with Crippen molar-refractivity contribution in [3.8, 4) is 11.5 Å². The summed E-state index contributed by atoms with van der Waals surface area (Å²) in [6.45, 7) is 2.58. The summed E-state index contributed by atoms with van der Waals surface area (Å²) < 4.78 is 15.4. The van der Waals surface area contributed by atoms with E-state index in [4.69, 9.17) is 9.47 Å². The number of nitrogens with zero attached hydrogens (tertiary/aromatic N) is 1. The summed E-state index contributed by atoms with van der Waals surface area (Å²) in [7, 11) is 2.93. The SMILES string of the molecule is CCOc1ccccc1OCC(=O)N(C)CCC(=O)OC. The number of benzene rings is 1. The Kier molecular flexibility index (Phi) is 7.08. The Balaban J connectivity index is 2.47. The molecule has 6 nitrogen and oxygen atoms in total. The summed E-state index contributed by atoms with van der Waals surface area (Å²) in [4.78, 5) is 24.4. The number of methoxy groups -OCH3 is 1. The quantitative estimate of drug-likeness (QED) is 0.680. The summed E-state index contributed by atoms with van der Waals surface area (Å²) in [5, 5.41) is 0. The molecular weight excluding hydrogens is 274 g/mol. The van der Waals surface area contributed by atoms with Crippen LogP contribution in [0.25, 0.3) is 0 Å². The van der Waals surface area contributed by atoms with Crippen molar-refractivity contribution in [3.05, 3.63) is 24.3 Å². The van der Waals surface area contributed by atoms with E-state index >= 15 is 0 Å². The minimum Gasteiger partial charge on any atom is -0.490 e. The molecule has 0 atom stereocenters. The van der Waals surface area contributed by atoms with E-state index < -0.39 is 0 Å². The van der Waals surface area contributed by atoms with Crippen molar-refractivity contribution in [3.63, 3.8) is 0 Å². The van der Waals surface area contributed by atoms with Crippen LogP contribution >= 0.6 is 0 Å². The normalized spacial score (nSPS) is 9.86. The number of amides is 1. The third-order valence-corrected chi connectivity index (χ3v) is 2.80. The molecule has 0 unspecified atom stereocenters. The van der Waals surface area contributed by atoms with Crippen molar-refractivity contribution >= 4 is 11.9 Å². The van der Waals surface area contributed by atoms with Crippen molar-refractivity contribution in [1.29, 1.82) is 0 Å². The topological polar surface area (TPSA) is 65.1 Å². The van der Waals surface area contributed by atoms with Gasteiger partial charge in [0.1, 0.15) is 0 Å². The molecule has 1 amide bonds. The number of carbonyl (C=O) groups excluding carboxylic acids is 2. The standard InChI is InChI=1S/C15H21NO5/c1-4-20-12-7-5-6-8-13(12)21-11-14(17)16(2)10-9-15(18)19-3/h5-8H,4,9-11H2,1-3H3. The number of esters is 1. The van der Waals surface area contributed by atoms with Crippen LogP contribution < -0.4 is 9.47 Å². The molecule has 0 aromatic heterocycles. The molecule has 0 fully saturated rings. The zero-order valence-corrected chi connectivity index (χ0v) is 12.6. The highest BCUT2D eigenvalue weighted by Crippen LogP contribution is 2.26. The van der Waals surface area contributed by atoms with Crippen LogP contribution in [0.5, 0.6) is 11.5 Å². The predicted octanol–water partition coefficient (Wildman–Crippen LogP) is 1.49. The van der Waals surface area contributed by atoms with Crippen LogP contribution in [-0.2, 0) is 14.3 Å². The lowest BCUT2D eigenvalue weighted by Crippen LogP contribution is -2.33. The van der Waals surface area contributed by atoms with Gasteiger partial charge in [-0.2, -0.15) is 0 Å². The summed E-state index contributed by atoms with van der Waals surface area (Å²) in [6, 6.07) is 7.17. The molecule has 0 N–H and O–H groups in total. The van der Waals surface area contributed by atoms with E-state index in [2.05, 4.69) is 4.74 Å². The average molecular weight is 295 g/mol. The van der Waals surface area contributed by atoms with Gasteiger partial charge >= 0.3 is 5.97 Å². The third-order valence-electron chi connectivity index (χ3n) is 2.80. The zero-order valence-electron chi connectivity index (χ0n) is 12.6. The van der Waals surface area contributed by atoms with Crippen molar-refractivity contribution in [1.82, 2.24) is 4.90 Å². The fourth-order valence-electron chi connectivity index (χ4n) is 1.58. The Morgan fingerprint density at radius 3 is 2.33 bits per heavy atom. The largest absolute Gasteiger partial charge is 0.490 e. The third kappa shape index (κ3) is 5.72. The number of ether oxygens (including phenoxy) is 3. The first-order valence-corrected chi connectivity index (χ1v) is 6.73. The van der Waals surface area contributed by atoms with Crippen LogP contribution in [0.3, 0.4) is 0 Å². The Labute approximate surface area is 124 Å². The number of para-hydroxylation sites is 2. The maximum atomic E-state index is 11.9. The number of carbonyl (C=O) groups is 2. The van der Waals surface area contributed by atoms with Gasteiger partial charge in [-0.15, -0.1) is 0 Å². The lowest BCUT2D eigenvalue weighted by atomic mass is 10.3. The lowest BCUT2D eigenvalue weighted by Gasteiger charge is -2.17. The first-order chi connectivity index (χ1) is 10.1. The van der Waals surface area contributed by atoms with Gasteiger partial charge in [0.25, 0.3) is 5.91 Å². The molecule has 0 aliphatic rings. The van der Waals surface area contributed by atoms with Gasteiger partial charge in [-0.25, -0.2) is 0 Å². The van der Waals surface area contributed by atoms with Crippen molar-refractivity contribution < 1.29 is 23.8 Å². The van der Waals surface area contributed by atoms with Gasteiger partial charge in [0.15, 0.2) is 18.1 Å². The highest BCUT2D eigenvalue weighted by atomic mass is 16.5. The van der Waals surface area contributed by atoms with E-state index in [1.165, 1.54) is 12.0 Å². The van der Waals surface area contributed by atoms with Gasteiger partial charge in [0, 0.05) is 13.6 Å². The predicted molar refractivity (Wildman–Crippen MR) is 77.4 cm³/mol. The van der Waals surface area contributed by atoms with Crippen LogP contribution in [0.15, 0.2) is 24.3 Å². The lowest BCUT2D eigenvalue weighted by molar-refractivity contribution is -0.141. The number of rotatable bonds is 8.